The molecule has 18 heavy (non-hydrogen) atoms. The molecule has 0 bridgehead atoms. The molecular weight excluding hydrogens is 310 g/mol. The normalized spacial score (nSPS) is 16.9. The van der Waals surface area contributed by atoms with Crippen LogP contribution in [0.1, 0.15) is 17.0 Å². The molecule has 1 aliphatic carbocycles. The molecule has 3 heteroatoms. The number of benzene rings is 2. The molecule has 3 rings (SSSR count). The van der Waals surface area contributed by atoms with Crippen LogP contribution in [0, 0.1) is 0 Å². The third-order valence-electron chi connectivity index (χ3n) is 3.43. The van der Waals surface area contributed by atoms with Gasteiger partial charge >= 0.3 is 0 Å². The predicted octanol–water partition coefficient (Wildman–Crippen LogP) is 4.85. The first-order valence-electron chi connectivity index (χ1n) is 6.01. The maximum atomic E-state index is 6.00. The van der Waals surface area contributed by atoms with Gasteiger partial charge in [-0.3, -0.25) is 0 Å². The van der Waals surface area contributed by atoms with Gasteiger partial charge in [0.2, 0.25) is 0 Å². The topological polar surface area (TPSA) is 12.0 Å². The summed E-state index contributed by atoms with van der Waals surface area (Å²) in [4.78, 5) is 0. The highest BCUT2D eigenvalue weighted by Crippen LogP contribution is 2.35. The average Bonchev–Trinajstić information content (AvgIpc) is 2.34. The van der Waals surface area contributed by atoms with Crippen molar-refractivity contribution in [2.24, 2.45) is 0 Å². The van der Waals surface area contributed by atoms with Gasteiger partial charge < -0.3 is 5.32 Å². The molecule has 1 aliphatic rings. The minimum atomic E-state index is 0.618. The van der Waals surface area contributed by atoms with Crippen LogP contribution in [0.4, 0.5) is 5.69 Å². The van der Waals surface area contributed by atoms with Crippen LogP contribution in [0.15, 0.2) is 46.9 Å². The van der Waals surface area contributed by atoms with Crippen molar-refractivity contribution in [1.82, 2.24) is 0 Å². The molecule has 0 heterocycles. The molecule has 1 nitrogen and oxygen atoms in total. The summed E-state index contributed by atoms with van der Waals surface area (Å²) < 4.78 is 1.06. The lowest BCUT2D eigenvalue weighted by atomic mass is 9.77. The van der Waals surface area contributed by atoms with Gasteiger partial charge in [0.25, 0.3) is 0 Å². The molecule has 0 saturated heterocycles. The van der Waals surface area contributed by atoms with Crippen LogP contribution in [0.5, 0.6) is 0 Å². The molecule has 1 N–H and O–H groups in total. The average molecular weight is 323 g/mol. The number of fused-ring (bicyclic) bond motifs is 1. The second-order valence-electron chi connectivity index (χ2n) is 4.60. The van der Waals surface area contributed by atoms with Gasteiger partial charge in [0.05, 0.1) is 0 Å². The Balaban J connectivity index is 1.68. The van der Waals surface area contributed by atoms with Gasteiger partial charge in [-0.15, -0.1) is 0 Å². The summed E-state index contributed by atoms with van der Waals surface area (Å²) in [7, 11) is 0. The van der Waals surface area contributed by atoms with Gasteiger partial charge in [0.15, 0.2) is 0 Å². The van der Waals surface area contributed by atoms with Crippen molar-refractivity contribution < 1.29 is 0 Å². The van der Waals surface area contributed by atoms with E-state index in [1.54, 1.807) is 0 Å². The first-order chi connectivity index (χ1) is 8.74. The van der Waals surface area contributed by atoms with Gasteiger partial charge in [-0.25, -0.2) is 0 Å². The van der Waals surface area contributed by atoms with Crippen LogP contribution >= 0.6 is 27.5 Å². The van der Waals surface area contributed by atoms with E-state index in [0.717, 1.165) is 21.7 Å². The molecule has 0 fully saturated rings. The lowest BCUT2D eigenvalue weighted by Gasteiger charge is -2.30. The molecule has 0 radical (unpaired) electrons. The fourth-order valence-electron chi connectivity index (χ4n) is 2.41. The Hall–Kier alpha value is -0.990. The molecule has 1 atom stereocenters. The largest absolute Gasteiger partial charge is 0.383 e. The van der Waals surface area contributed by atoms with E-state index in [4.69, 9.17) is 11.6 Å². The molecule has 0 saturated carbocycles. The molecule has 92 valence electrons. The van der Waals surface area contributed by atoms with Crippen molar-refractivity contribution in [1.29, 1.82) is 0 Å². The smallest absolute Gasteiger partial charge is 0.0499 e. The summed E-state index contributed by atoms with van der Waals surface area (Å²) in [6, 6.07) is 14.5. The van der Waals surface area contributed by atoms with Crippen molar-refractivity contribution in [3.8, 4) is 0 Å². The Labute approximate surface area is 120 Å². The van der Waals surface area contributed by atoms with E-state index >= 15 is 0 Å². The molecule has 0 amide bonds. The first kappa shape index (κ1) is 12.1. The molecular formula is C15H13BrClN. The molecule has 2 aromatic carbocycles. The fourth-order valence-corrected chi connectivity index (χ4v) is 2.97. The Morgan fingerprint density at radius 3 is 2.89 bits per heavy atom. The Morgan fingerprint density at radius 2 is 2.06 bits per heavy atom. The second kappa shape index (κ2) is 4.94. The number of hydrogen-bond donors (Lipinski definition) is 1. The fraction of sp³-hybridized carbons (Fsp3) is 0.200. The third kappa shape index (κ3) is 2.27. The van der Waals surface area contributed by atoms with Crippen LogP contribution in [0.3, 0.4) is 0 Å². The summed E-state index contributed by atoms with van der Waals surface area (Å²) in [6.07, 6.45) is 1.17. The van der Waals surface area contributed by atoms with Crippen molar-refractivity contribution in [3.63, 3.8) is 0 Å². The van der Waals surface area contributed by atoms with Crippen molar-refractivity contribution in [2.45, 2.75) is 12.3 Å². The highest BCUT2D eigenvalue weighted by molar-refractivity contribution is 9.10. The van der Waals surface area contributed by atoms with E-state index < -0.39 is 0 Å². The summed E-state index contributed by atoms with van der Waals surface area (Å²) >= 11 is 9.53. The molecule has 0 aromatic heterocycles. The maximum absolute atomic E-state index is 6.00. The summed E-state index contributed by atoms with van der Waals surface area (Å²) in [5.41, 5.74) is 4.02. The first-order valence-corrected chi connectivity index (χ1v) is 7.18. The van der Waals surface area contributed by atoms with Crippen molar-refractivity contribution in [3.05, 3.63) is 63.1 Å². The minimum Gasteiger partial charge on any atom is -0.383 e. The van der Waals surface area contributed by atoms with Gasteiger partial charge in [-0.1, -0.05) is 35.9 Å². The minimum absolute atomic E-state index is 0.618. The number of rotatable bonds is 3. The van der Waals surface area contributed by atoms with Crippen LogP contribution < -0.4 is 5.32 Å². The van der Waals surface area contributed by atoms with Crippen LogP contribution in [-0.4, -0.2) is 6.54 Å². The highest BCUT2D eigenvalue weighted by Gasteiger charge is 2.24. The number of hydrogen-bond acceptors (Lipinski definition) is 1. The lowest BCUT2D eigenvalue weighted by Crippen LogP contribution is -2.24. The monoisotopic (exact) mass is 321 g/mol. The van der Waals surface area contributed by atoms with Crippen LogP contribution in [0.25, 0.3) is 0 Å². The molecule has 0 aliphatic heterocycles. The zero-order chi connectivity index (χ0) is 12.5. The van der Waals surface area contributed by atoms with E-state index in [2.05, 4.69) is 45.5 Å². The Bertz CT molecular complexity index is 582. The molecule has 1 unspecified atom stereocenters. The summed E-state index contributed by atoms with van der Waals surface area (Å²) in [5.74, 6) is 0.618. The van der Waals surface area contributed by atoms with E-state index in [9.17, 15) is 0 Å². The standard InChI is InChI=1S/C15H13BrClN/c16-14-6-5-12(17)8-15(14)18-9-11-7-10-3-1-2-4-13(10)11/h1-6,8,11,18H,7,9H2. The number of halogens is 2. The van der Waals surface area contributed by atoms with Crippen LogP contribution in [0.2, 0.25) is 5.02 Å². The quantitative estimate of drug-likeness (QED) is 0.851. The molecule has 2 aromatic rings. The summed E-state index contributed by atoms with van der Waals surface area (Å²) in [5, 5.41) is 4.22. The predicted molar refractivity (Wildman–Crippen MR) is 80.5 cm³/mol. The van der Waals surface area contributed by atoms with E-state index in [-0.39, 0.29) is 0 Å². The number of nitrogens with one attached hydrogen (secondary N) is 1. The van der Waals surface area contributed by atoms with Crippen molar-refractivity contribution in [2.75, 3.05) is 11.9 Å². The zero-order valence-corrected chi connectivity index (χ0v) is 12.1. The van der Waals surface area contributed by atoms with E-state index in [1.807, 2.05) is 18.2 Å². The third-order valence-corrected chi connectivity index (χ3v) is 4.36. The van der Waals surface area contributed by atoms with Crippen molar-refractivity contribution >= 4 is 33.2 Å². The second-order valence-corrected chi connectivity index (χ2v) is 5.90. The Morgan fingerprint density at radius 1 is 1.22 bits per heavy atom. The van der Waals surface area contributed by atoms with E-state index in [1.165, 1.54) is 17.5 Å². The van der Waals surface area contributed by atoms with E-state index in [0.29, 0.717) is 5.92 Å². The van der Waals surface area contributed by atoms with Gasteiger partial charge in [-0.05, 0) is 51.7 Å². The summed E-state index contributed by atoms with van der Waals surface area (Å²) in [6.45, 7) is 0.954. The lowest BCUT2D eigenvalue weighted by molar-refractivity contribution is 0.635. The number of anilines is 1. The van der Waals surface area contributed by atoms with Gasteiger partial charge in [0.1, 0.15) is 0 Å². The SMILES string of the molecule is Clc1ccc(Br)c(NCC2Cc3ccccc32)c1. The highest BCUT2D eigenvalue weighted by atomic mass is 79.9. The van der Waals surface area contributed by atoms with Gasteiger partial charge in [0, 0.05) is 27.6 Å². The van der Waals surface area contributed by atoms with Crippen LogP contribution in [-0.2, 0) is 6.42 Å². The van der Waals surface area contributed by atoms with Gasteiger partial charge in [-0.2, -0.15) is 0 Å². The Kier molecular flexibility index (Phi) is 3.31. The zero-order valence-electron chi connectivity index (χ0n) is 9.79. The maximum Gasteiger partial charge on any atom is 0.0499 e. The molecule has 0 spiro atoms.